The minimum Gasteiger partial charge on any atom is -0.478 e. The first-order chi connectivity index (χ1) is 9.92. The highest BCUT2D eigenvalue weighted by atomic mass is 19.1. The maximum atomic E-state index is 13.9. The molecule has 0 aliphatic heterocycles. The predicted molar refractivity (Wildman–Crippen MR) is 75.1 cm³/mol. The molecule has 0 aliphatic rings. The number of nitrogens with one attached hydrogen (secondary N) is 1. The quantitative estimate of drug-likeness (QED) is 0.904. The van der Waals surface area contributed by atoms with Crippen molar-refractivity contribution in [3.05, 3.63) is 52.5 Å². The van der Waals surface area contributed by atoms with Crippen molar-refractivity contribution in [1.82, 2.24) is 4.98 Å². The van der Waals surface area contributed by atoms with Gasteiger partial charge >= 0.3 is 5.97 Å². The van der Waals surface area contributed by atoms with Gasteiger partial charge in [-0.25, -0.2) is 14.2 Å². The number of rotatable bonds is 3. The Hall–Kier alpha value is -2.94. The molecule has 0 radical (unpaired) electrons. The lowest BCUT2D eigenvalue weighted by Gasteiger charge is -2.11. The highest BCUT2D eigenvalue weighted by Gasteiger charge is 2.12. The number of carboxylic acids is 1. The van der Waals surface area contributed by atoms with Gasteiger partial charge in [0.05, 0.1) is 16.8 Å². The number of carbonyl (C=O) groups is 1. The predicted octanol–water partition coefficient (Wildman–Crippen LogP) is 3.15. The Morgan fingerprint density at radius 1 is 1.38 bits per heavy atom. The minimum absolute atomic E-state index is 0.0639. The van der Waals surface area contributed by atoms with Gasteiger partial charge in [-0.3, -0.25) is 0 Å². The van der Waals surface area contributed by atoms with E-state index in [-0.39, 0.29) is 17.1 Å². The van der Waals surface area contributed by atoms with Crippen LogP contribution in [0.1, 0.15) is 27.2 Å². The van der Waals surface area contributed by atoms with Gasteiger partial charge in [0.1, 0.15) is 17.7 Å². The largest absolute Gasteiger partial charge is 0.478 e. The third-order valence-electron chi connectivity index (χ3n) is 2.93. The van der Waals surface area contributed by atoms with Gasteiger partial charge in [-0.2, -0.15) is 5.26 Å². The second-order valence-electron chi connectivity index (χ2n) is 4.54. The molecule has 1 aromatic carbocycles. The van der Waals surface area contributed by atoms with E-state index >= 15 is 0 Å². The summed E-state index contributed by atoms with van der Waals surface area (Å²) in [5.74, 6) is -1.68. The van der Waals surface area contributed by atoms with E-state index in [0.29, 0.717) is 11.3 Å². The minimum atomic E-state index is -1.21. The molecule has 0 aliphatic carbocycles. The zero-order chi connectivity index (χ0) is 15.6. The first-order valence-electron chi connectivity index (χ1n) is 6.10. The van der Waals surface area contributed by atoms with Crippen molar-refractivity contribution in [3.8, 4) is 6.07 Å². The first kappa shape index (κ1) is 14.5. The standard InChI is InChI=1S/C15H12FN3O2/c1-8-5-9(2)18-14(11(8)7-17)19-13-4-3-10(15(20)21)6-12(13)16/h3-6H,1-2H3,(H,18,19)(H,20,21). The van der Waals surface area contributed by atoms with Crippen LogP contribution in [0.2, 0.25) is 0 Å². The van der Waals surface area contributed by atoms with Gasteiger partial charge in [-0.15, -0.1) is 0 Å². The van der Waals surface area contributed by atoms with Crippen LogP contribution >= 0.6 is 0 Å². The summed E-state index contributed by atoms with van der Waals surface area (Å²) < 4.78 is 13.9. The maximum Gasteiger partial charge on any atom is 0.335 e. The zero-order valence-corrected chi connectivity index (χ0v) is 11.4. The van der Waals surface area contributed by atoms with E-state index in [9.17, 15) is 9.18 Å². The van der Waals surface area contributed by atoms with Crippen molar-refractivity contribution < 1.29 is 14.3 Å². The molecular weight excluding hydrogens is 273 g/mol. The molecule has 6 heteroatoms. The average molecular weight is 285 g/mol. The van der Waals surface area contributed by atoms with Crippen molar-refractivity contribution >= 4 is 17.5 Å². The third kappa shape index (κ3) is 2.98. The summed E-state index contributed by atoms with van der Waals surface area (Å²) in [6.45, 7) is 3.53. The molecule has 0 amide bonds. The summed E-state index contributed by atoms with van der Waals surface area (Å²) >= 11 is 0. The molecule has 1 aromatic heterocycles. The van der Waals surface area contributed by atoms with E-state index in [1.165, 1.54) is 12.1 Å². The molecule has 0 unspecified atom stereocenters. The number of halogens is 1. The number of nitrogens with zero attached hydrogens (tertiary/aromatic N) is 2. The summed E-state index contributed by atoms with van der Waals surface area (Å²) in [5.41, 5.74) is 1.66. The number of aryl methyl sites for hydroxylation is 2. The number of hydrogen-bond donors (Lipinski definition) is 2. The molecule has 2 rings (SSSR count). The van der Waals surface area contributed by atoms with Crippen LogP contribution in [0, 0.1) is 31.0 Å². The van der Waals surface area contributed by atoms with Crippen LogP contribution in [-0.4, -0.2) is 16.1 Å². The van der Waals surface area contributed by atoms with E-state index in [2.05, 4.69) is 10.3 Å². The number of carboxylic acid groups (broad SMARTS) is 1. The van der Waals surface area contributed by atoms with Gasteiger partial charge < -0.3 is 10.4 Å². The SMILES string of the molecule is Cc1cc(C)c(C#N)c(Nc2ccc(C(=O)O)cc2F)n1. The van der Waals surface area contributed by atoms with Crippen molar-refractivity contribution in [3.63, 3.8) is 0 Å². The highest BCUT2D eigenvalue weighted by Crippen LogP contribution is 2.24. The number of anilines is 2. The zero-order valence-electron chi connectivity index (χ0n) is 11.4. The fourth-order valence-corrected chi connectivity index (χ4v) is 1.95. The molecule has 106 valence electrons. The second-order valence-corrected chi connectivity index (χ2v) is 4.54. The topological polar surface area (TPSA) is 86.0 Å². The highest BCUT2D eigenvalue weighted by molar-refractivity contribution is 5.88. The van der Waals surface area contributed by atoms with Crippen LogP contribution in [0.3, 0.4) is 0 Å². The molecular formula is C15H12FN3O2. The smallest absolute Gasteiger partial charge is 0.335 e. The maximum absolute atomic E-state index is 13.9. The summed E-state index contributed by atoms with van der Waals surface area (Å²) in [7, 11) is 0. The van der Waals surface area contributed by atoms with Crippen LogP contribution in [0.25, 0.3) is 0 Å². The van der Waals surface area contributed by atoms with Crippen molar-refractivity contribution in [1.29, 1.82) is 5.26 Å². The Balaban J connectivity index is 2.44. The van der Waals surface area contributed by atoms with Crippen LogP contribution < -0.4 is 5.32 Å². The molecule has 0 atom stereocenters. The Morgan fingerprint density at radius 2 is 2.10 bits per heavy atom. The lowest BCUT2D eigenvalue weighted by atomic mass is 10.1. The van der Waals surface area contributed by atoms with Gasteiger partial charge in [0.15, 0.2) is 0 Å². The van der Waals surface area contributed by atoms with E-state index in [1.807, 2.05) is 6.07 Å². The van der Waals surface area contributed by atoms with Gasteiger partial charge in [-0.05, 0) is 43.7 Å². The Kier molecular flexibility index (Phi) is 3.85. The van der Waals surface area contributed by atoms with E-state index < -0.39 is 11.8 Å². The third-order valence-corrected chi connectivity index (χ3v) is 2.93. The lowest BCUT2D eigenvalue weighted by molar-refractivity contribution is 0.0696. The number of pyridine rings is 1. The van der Waals surface area contributed by atoms with E-state index in [1.54, 1.807) is 19.9 Å². The van der Waals surface area contributed by atoms with Crippen LogP contribution in [0.5, 0.6) is 0 Å². The van der Waals surface area contributed by atoms with Crippen LogP contribution in [-0.2, 0) is 0 Å². The Morgan fingerprint density at radius 3 is 2.67 bits per heavy atom. The second kappa shape index (κ2) is 5.59. The average Bonchev–Trinajstić information content (AvgIpc) is 2.40. The summed E-state index contributed by atoms with van der Waals surface area (Å²) in [6.07, 6.45) is 0. The Bertz CT molecular complexity index is 766. The molecule has 2 aromatic rings. The summed E-state index contributed by atoms with van der Waals surface area (Å²) in [4.78, 5) is 15.0. The molecule has 0 bridgehead atoms. The summed E-state index contributed by atoms with van der Waals surface area (Å²) in [5, 5.41) is 20.7. The fraction of sp³-hybridized carbons (Fsp3) is 0.133. The van der Waals surface area contributed by atoms with Gasteiger partial charge in [-0.1, -0.05) is 0 Å². The number of aromatic carboxylic acids is 1. The van der Waals surface area contributed by atoms with E-state index in [4.69, 9.17) is 10.4 Å². The fourth-order valence-electron chi connectivity index (χ4n) is 1.95. The molecule has 0 saturated carbocycles. The number of aromatic nitrogens is 1. The molecule has 0 fully saturated rings. The number of hydrogen-bond acceptors (Lipinski definition) is 4. The van der Waals surface area contributed by atoms with Gasteiger partial charge in [0.25, 0.3) is 0 Å². The first-order valence-corrected chi connectivity index (χ1v) is 6.10. The van der Waals surface area contributed by atoms with Crippen LogP contribution in [0.4, 0.5) is 15.9 Å². The van der Waals surface area contributed by atoms with Crippen molar-refractivity contribution in [2.45, 2.75) is 13.8 Å². The molecule has 5 nitrogen and oxygen atoms in total. The normalized spacial score (nSPS) is 10.0. The molecule has 2 N–H and O–H groups in total. The summed E-state index contributed by atoms with van der Waals surface area (Å²) in [6, 6.07) is 7.28. The molecule has 1 heterocycles. The monoisotopic (exact) mass is 285 g/mol. The van der Waals surface area contributed by atoms with E-state index in [0.717, 1.165) is 11.6 Å². The molecule has 0 saturated heterocycles. The molecule has 0 spiro atoms. The number of nitriles is 1. The number of benzene rings is 1. The van der Waals surface area contributed by atoms with Gasteiger partial charge in [0.2, 0.25) is 0 Å². The van der Waals surface area contributed by atoms with Crippen molar-refractivity contribution in [2.75, 3.05) is 5.32 Å². The Labute approximate surface area is 120 Å². The molecule has 21 heavy (non-hydrogen) atoms. The van der Waals surface area contributed by atoms with Crippen LogP contribution in [0.15, 0.2) is 24.3 Å². The lowest BCUT2D eigenvalue weighted by Crippen LogP contribution is -2.04. The van der Waals surface area contributed by atoms with Gasteiger partial charge in [0, 0.05) is 5.69 Å². The van der Waals surface area contributed by atoms with Crippen molar-refractivity contribution in [2.24, 2.45) is 0 Å².